The number of hydrogen-bond donors (Lipinski definition) is 2. The first-order valence-corrected chi connectivity index (χ1v) is 12.1. The summed E-state index contributed by atoms with van der Waals surface area (Å²) in [5.41, 5.74) is 3.23. The van der Waals surface area contributed by atoms with Crippen molar-refractivity contribution in [1.82, 2.24) is 30.4 Å². The van der Waals surface area contributed by atoms with Gasteiger partial charge in [0.25, 0.3) is 5.91 Å². The van der Waals surface area contributed by atoms with Crippen molar-refractivity contribution in [3.05, 3.63) is 30.1 Å². The van der Waals surface area contributed by atoms with Gasteiger partial charge in [-0.1, -0.05) is 18.9 Å². The van der Waals surface area contributed by atoms with E-state index >= 15 is 0 Å². The third kappa shape index (κ3) is 3.57. The molecular weight excluding hydrogens is 418 g/mol. The Morgan fingerprint density at radius 3 is 2.64 bits per heavy atom. The van der Waals surface area contributed by atoms with E-state index in [1.165, 1.54) is 12.8 Å². The first kappa shape index (κ1) is 22.1. The fourth-order valence-corrected chi connectivity index (χ4v) is 6.30. The van der Waals surface area contributed by atoms with Gasteiger partial charge in [-0.25, -0.2) is 4.79 Å². The van der Waals surface area contributed by atoms with E-state index in [2.05, 4.69) is 58.4 Å². The zero-order valence-corrected chi connectivity index (χ0v) is 20.0. The first-order valence-electron chi connectivity index (χ1n) is 12.1. The Morgan fingerprint density at radius 1 is 1.18 bits per heavy atom. The largest absolute Gasteiger partial charge is 0.320 e. The van der Waals surface area contributed by atoms with E-state index in [1.54, 1.807) is 24.4 Å². The second-order valence-electron chi connectivity index (χ2n) is 10.7. The van der Waals surface area contributed by atoms with Crippen LogP contribution in [0.15, 0.2) is 29.5 Å². The van der Waals surface area contributed by atoms with E-state index in [0.717, 1.165) is 25.9 Å². The molecule has 0 radical (unpaired) electrons. The van der Waals surface area contributed by atoms with E-state index in [4.69, 9.17) is 0 Å². The zero-order valence-electron chi connectivity index (χ0n) is 20.0. The molecule has 9 nitrogen and oxygen atoms in total. The van der Waals surface area contributed by atoms with Gasteiger partial charge in [-0.2, -0.15) is 5.10 Å². The second-order valence-corrected chi connectivity index (χ2v) is 10.7. The normalized spacial score (nSPS) is 30.2. The number of aromatic nitrogens is 1. The van der Waals surface area contributed by atoms with Crippen LogP contribution in [0.2, 0.25) is 0 Å². The fourth-order valence-electron chi connectivity index (χ4n) is 6.30. The Labute approximate surface area is 195 Å². The van der Waals surface area contributed by atoms with Gasteiger partial charge in [0.2, 0.25) is 0 Å². The summed E-state index contributed by atoms with van der Waals surface area (Å²) in [5.74, 6) is 0.229. The molecule has 33 heavy (non-hydrogen) atoms. The van der Waals surface area contributed by atoms with E-state index in [-0.39, 0.29) is 35.5 Å². The average molecular weight is 454 g/mol. The zero-order chi connectivity index (χ0) is 23.4. The number of amidine groups is 1. The molecule has 3 aliphatic heterocycles. The van der Waals surface area contributed by atoms with E-state index < -0.39 is 5.54 Å². The summed E-state index contributed by atoms with van der Waals surface area (Å²) in [6.07, 6.45) is 6.39. The number of rotatable bonds is 1. The Bertz CT molecular complexity index is 957. The molecule has 2 N–H and O–H groups in total. The van der Waals surface area contributed by atoms with Crippen LogP contribution in [0.25, 0.3) is 0 Å². The third-order valence-electron chi connectivity index (χ3n) is 8.41. The minimum absolute atomic E-state index is 0.0521. The lowest BCUT2D eigenvalue weighted by molar-refractivity contribution is -0.00497. The van der Waals surface area contributed by atoms with Crippen molar-refractivity contribution >= 4 is 17.8 Å². The monoisotopic (exact) mass is 453 g/mol. The average Bonchev–Trinajstić information content (AvgIpc) is 3.48. The molecule has 4 heterocycles. The highest BCUT2D eigenvalue weighted by molar-refractivity contribution is 6.07. The van der Waals surface area contributed by atoms with Gasteiger partial charge >= 0.3 is 6.03 Å². The summed E-state index contributed by atoms with van der Waals surface area (Å²) < 4.78 is 0. The fraction of sp³-hybridized carbons (Fsp3) is 0.667. The number of fused-ring (bicyclic) bond motifs is 1. The number of likely N-dealkylation sites (tertiary alicyclic amines) is 1. The van der Waals surface area contributed by atoms with Crippen LogP contribution in [0.3, 0.4) is 0 Å². The molecule has 1 aromatic heterocycles. The van der Waals surface area contributed by atoms with Crippen molar-refractivity contribution in [3.63, 3.8) is 0 Å². The quantitative estimate of drug-likeness (QED) is 0.677. The Kier molecular flexibility index (Phi) is 5.34. The molecule has 3 fully saturated rings. The summed E-state index contributed by atoms with van der Waals surface area (Å²) in [6.45, 7) is 8.55. The summed E-state index contributed by atoms with van der Waals surface area (Å²) >= 11 is 0. The van der Waals surface area contributed by atoms with Crippen LogP contribution in [0, 0.1) is 5.92 Å². The highest BCUT2D eigenvalue weighted by Gasteiger charge is 2.56. The summed E-state index contributed by atoms with van der Waals surface area (Å²) in [4.78, 5) is 37.3. The molecular formula is C24H35N7O2. The molecule has 1 spiro atoms. The number of carbonyl (C=O) groups is 2. The highest BCUT2D eigenvalue weighted by atomic mass is 16.2. The number of carbonyl (C=O) groups excluding carboxylic acids is 2. The number of nitrogens with one attached hydrogen (secondary N) is 2. The predicted molar refractivity (Wildman–Crippen MR) is 126 cm³/mol. The van der Waals surface area contributed by atoms with Crippen LogP contribution in [0.4, 0.5) is 4.79 Å². The number of urea groups is 1. The molecule has 9 heteroatoms. The molecule has 0 bridgehead atoms. The van der Waals surface area contributed by atoms with Gasteiger partial charge in [0.05, 0.1) is 17.5 Å². The van der Waals surface area contributed by atoms with E-state index in [0.29, 0.717) is 18.1 Å². The number of pyridine rings is 1. The minimum Gasteiger partial charge on any atom is -0.319 e. The van der Waals surface area contributed by atoms with Gasteiger partial charge in [-0.15, -0.1) is 0 Å². The minimum atomic E-state index is -0.436. The number of piperazine rings is 1. The molecule has 2 saturated heterocycles. The number of amides is 3. The van der Waals surface area contributed by atoms with Gasteiger partial charge in [0.15, 0.2) is 0 Å². The van der Waals surface area contributed by atoms with Gasteiger partial charge in [0, 0.05) is 37.4 Å². The molecule has 0 aromatic carbocycles. The molecule has 3 amide bonds. The molecule has 3 atom stereocenters. The van der Waals surface area contributed by atoms with Crippen molar-refractivity contribution in [2.75, 3.05) is 26.7 Å². The summed E-state index contributed by atoms with van der Waals surface area (Å²) in [6, 6.07) is 5.45. The Hall–Kier alpha value is -2.68. The van der Waals surface area contributed by atoms with Crippen LogP contribution >= 0.6 is 0 Å². The molecule has 1 aromatic rings. The maximum absolute atomic E-state index is 13.9. The standard InChI is InChI=1S/C24H35N7O2/c1-16-13-29(4)24(10-6-7-11-24)15-30(16)22(33)31-14-17-19(23(31,2)3)27-28-20(17)26-21(32)18-9-5-8-12-25-18/h5,8-9,12,16-17,19,27H,6-7,10-11,13-15H2,1-4H3,(H,26,28,32)/t16-,17?,19?/m0/s1. The van der Waals surface area contributed by atoms with E-state index in [1.807, 2.05) is 4.90 Å². The van der Waals surface area contributed by atoms with Crippen molar-refractivity contribution in [3.8, 4) is 0 Å². The Balaban J connectivity index is 1.32. The smallest absolute Gasteiger partial charge is 0.319 e. The number of hydrazone groups is 1. The van der Waals surface area contributed by atoms with Gasteiger partial charge in [-0.3, -0.25) is 14.7 Å². The first-order chi connectivity index (χ1) is 15.7. The SMILES string of the molecule is C[C@H]1CN(C)C2(CCCC2)CN1C(=O)N1CC2C(NC(=O)c3ccccn3)=NNC2C1(C)C. The van der Waals surface area contributed by atoms with Crippen LogP contribution in [-0.2, 0) is 0 Å². The summed E-state index contributed by atoms with van der Waals surface area (Å²) in [7, 11) is 2.21. The topological polar surface area (TPSA) is 93.2 Å². The second kappa shape index (κ2) is 7.97. The number of nitrogens with zero attached hydrogens (tertiary/aromatic N) is 5. The van der Waals surface area contributed by atoms with Crippen molar-refractivity contribution in [1.29, 1.82) is 0 Å². The molecule has 1 saturated carbocycles. The molecule has 178 valence electrons. The van der Waals surface area contributed by atoms with Crippen molar-refractivity contribution in [2.24, 2.45) is 11.0 Å². The van der Waals surface area contributed by atoms with Crippen LogP contribution < -0.4 is 10.7 Å². The lowest BCUT2D eigenvalue weighted by atomic mass is 9.89. The lowest BCUT2D eigenvalue weighted by Gasteiger charge is -2.52. The Morgan fingerprint density at radius 2 is 1.94 bits per heavy atom. The number of hydrogen-bond acceptors (Lipinski definition) is 6. The molecule has 1 aliphatic carbocycles. The lowest BCUT2D eigenvalue weighted by Crippen LogP contribution is -2.67. The maximum atomic E-state index is 13.9. The molecule has 4 aliphatic rings. The predicted octanol–water partition coefficient (Wildman–Crippen LogP) is 1.88. The van der Waals surface area contributed by atoms with Crippen LogP contribution in [-0.4, -0.2) is 87.3 Å². The number of likely N-dealkylation sites (N-methyl/N-ethyl adjacent to an activating group) is 1. The maximum Gasteiger partial charge on any atom is 0.320 e. The summed E-state index contributed by atoms with van der Waals surface area (Å²) in [5, 5.41) is 7.34. The van der Waals surface area contributed by atoms with Crippen LogP contribution in [0.5, 0.6) is 0 Å². The highest BCUT2D eigenvalue weighted by Crippen LogP contribution is 2.41. The van der Waals surface area contributed by atoms with Gasteiger partial charge < -0.3 is 20.5 Å². The van der Waals surface area contributed by atoms with E-state index in [9.17, 15) is 9.59 Å². The molecule has 5 rings (SSSR count). The van der Waals surface area contributed by atoms with Crippen molar-refractivity contribution in [2.45, 2.75) is 69.6 Å². The van der Waals surface area contributed by atoms with Crippen molar-refractivity contribution < 1.29 is 9.59 Å². The van der Waals surface area contributed by atoms with Gasteiger partial charge in [0.1, 0.15) is 11.5 Å². The molecule has 2 unspecified atom stereocenters. The third-order valence-corrected chi connectivity index (χ3v) is 8.41. The van der Waals surface area contributed by atoms with Crippen LogP contribution in [0.1, 0.15) is 56.9 Å². The van der Waals surface area contributed by atoms with Gasteiger partial charge in [-0.05, 0) is 52.8 Å².